The number of carbonyl (C=O) groups is 2. The highest BCUT2D eigenvalue weighted by atomic mass is 32.2. The molecule has 1 aromatic carbocycles. The van der Waals surface area contributed by atoms with E-state index in [4.69, 9.17) is 0 Å². The Balaban J connectivity index is 2.04. The number of carbonyl (C=O) groups excluding carboxylic acids is 2. The third kappa shape index (κ3) is 5.59. The molecule has 0 fully saturated rings. The lowest BCUT2D eigenvalue weighted by Crippen LogP contribution is -2.34. The van der Waals surface area contributed by atoms with Crippen molar-refractivity contribution >= 4 is 34.9 Å². The van der Waals surface area contributed by atoms with Crippen molar-refractivity contribution in [2.45, 2.75) is 10.9 Å². The van der Waals surface area contributed by atoms with Crippen molar-refractivity contribution in [1.29, 1.82) is 0 Å². The van der Waals surface area contributed by atoms with E-state index in [1.165, 1.54) is 17.3 Å². The fourth-order valence-corrected chi connectivity index (χ4v) is 4.13. The van der Waals surface area contributed by atoms with E-state index in [9.17, 15) is 9.59 Å². The molecule has 0 spiro atoms. The van der Waals surface area contributed by atoms with Crippen LogP contribution in [0.25, 0.3) is 0 Å². The van der Waals surface area contributed by atoms with Crippen LogP contribution in [0.2, 0.25) is 0 Å². The first-order valence-corrected chi connectivity index (χ1v) is 10.2. The van der Waals surface area contributed by atoms with Crippen molar-refractivity contribution in [2.75, 3.05) is 40.5 Å². The van der Waals surface area contributed by atoms with Crippen LogP contribution >= 0.6 is 23.1 Å². The zero-order valence-electron chi connectivity index (χ0n) is 15.6. The number of likely N-dealkylation sites (N-methyl/N-ethyl adjacent to an activating group) is 1. The fraction of sp³-hybridized carbons (Fsp3) is 0.368. The molecule has 26 heavy (non-hydrogen) atoms. The van der Waals surface area contributed by atoms with Gasteiger partial charge in [0.15, 0.2) is 0 Å². The molecule has 2 aromatic rings. The van der Waals surface area contributed by atoms with Crippen LogP contribution in [-0.2, 0) is 4.79 Å². The molecule has 1 N–H and O–H groups in total. The minimum absolute atomic E-state index is 0.0235. The van der Waals surface area contributed by atoms with Crippen molar-refractivity contribution in [3.63, 3.8) is 0 Å². The van der Waals surface area contributed by atoms with E-state index in [0.29, 0.717) is 17.9 Å². The SMILES string of the molecule is CN(C)C(=O)CSc1ccccc1C(=O)NCC(c1ccsc1)N(C)C. The third-order valence-electron chi connectivity index (χ3n) is 3.99. The highest BCUT2D eigenvalue weighted by Gasteiger charge is 2.18. The number of thiophene rings is 1. The standard InChI is InChI=1S/C19H25N3O2S2/c1-21(2)16(14-9-10-25-12-14)11-20-19(24)15-7-5-6-8-17(15)26-13-18(23)22(3)4/h5-10,12,16H,11,13H2,1-4H3,(H,20,24). The highest BCUT2D eigenvalue weighted by Crippen LogP contribution is 2.24. The Hall–Kier alpha value is -1.83. The van der Waals surface area contributed by atoms with Gasteiger partial charge in [-0.15, -0.1) is 11.8 Å². The van der Waals surface area contributed by atoms with E-state index in [0.717, 1.165) is 4.90 Å². The first-order valence-electron chi connectivity index (χ1n) is 8.29. The first kappa shape index (κ1) is 20.5. The Morgan fingerprint density at radius 1 is 1.15 bits per heavy atom. The summed E-state index contributed by atoms with van der Waals surface area (Å²) in [5, 5.41) is 7.18. The maximum absolute atomic E-state index is 12.7. The zero-order valence-corrected chi connectivity index (χ0v) is 17.2. The maximum atomic E-state index is 12.7. The van der Waals surface area contributed by atoms with Crippen LogP contribution in [0.4, 0.5) is 0 Å². The second kappa shape index (κ2) is 9.75. The molecular weight excluding hydrogens is 366 g/mol. The number of hydrogen-bond donors (Lipinski definition) is 1. The average Bonchev–Trinajstić information content (AvgIpc) is 3.13. The van der Waals surface area contributed by atoms with Crippen molar-refractivity contribution in [3.8, 4) is 0 Å². The molecular formula is C19H25N3O2S2. The van der Waals surface area contributed by atoms with Crippen molar-refractivity contribution in [3.05, 3.63) is 52.2 Å². The van der Waals surface area contributed by atoms with E-state index in [2.05, 4.69) is 21.7 Å². The zero-order chi connectivity index (χ0) is 19.1. The monoisotopic (exact) mass is 391 g/mol. The minimum atomic E-state index is -0.118. The highest BCUT2D eigenvalue weighted by molar-refractivity contribution is 8.00. The smallest absolute Gasteiger partial charge is 0.252 e. The Kier molecular flexibility index (Phi) is 7.68. The van der Waals surface area contributed by atoms with Gasteiger partial charge in [0, 0.05) is 25.5 Å². The summed E-state index contributed by atoms with van der Waals surface area (Å²) in [6.45, 7) is 0.526. The van der Waals surface area contributed by atoms with Crippen LogP contribution in [-0.4, -0.2) is 62.1 Å². The summed E-state index contributed by atoms with van der Waals surface area (Å²) in [5.74, 6) is 0.217. The summed E-state index contributed by atoms with van der Waals surface area (Å²) >= 11 is 3.04. The fourth-order valence-electron chi connectivity index (χ4n) is 2.40. The van der Waals surface area contributed by atoms with Gasteiger partial charge in [0.25, 0.3) is 5.91 Å². The van der Waals surface area contributed by atoms with Gasteiger partial charge in [-0.1, -0.05) is 12.1 Å². The van der Waals surface area contributed by atoms with E-state index < -0.39 is 0 Å². The molecule has 0 radical (unpaired) electrons. The van der Waals surface area contributed by atoms with Gasteiger partial charge in [-0.25, -0.2) is 0 Å². The summed E-state index contributed by atoms with van der Waals surface area (Å²) < 4.78 is 0. The van der Waals surface area contributed by atoms with Crippen LogP contribution in [0.15, 0.2) is 46.0 Å². The lowest BCUT2D eigenvalue weighted by Gasteiger charge is -2.24. The lowest BCUT2D eigenvalue weighted by molar-refractivity contribution is -0.125. The molecule has 0 saturated heterocycles. The predicted octanol–water partition coefficient (Wildman–Crippen LogP) is 2.96. The number of hydrogen-bond acceptors (Lipinski definition) is 5. The van der Waals surface area contributed by atoms with Crippen LogP contribution < -0.4 is 5.32 Å². The number of thioether (sulfide) groups is 1. The topological polar surface area (TPSA) is 52.7 Å². The summed E-state index contributed by atoms with van der Waals surface area (Å²) in [5.41, 5.74) is 1.80. The molecule has 2 rings (SSSR count). The molecule has 5 nitrogen and oxygen atoms in total. The molecule has 7 heteroatoms. The molecule has 2 amide bonds. The molecule has 1 heterocycles. The number of benzene rings is 1. The Labute approximate surface area is 163 Å². The molecule has 0 aliphatic carbocycles. The predicted molar refractivity (Wildman–Crippen MR) is 109 cm³/mol. The Bertz CT molecular complexity index is 730. The van der Waals surface area contributed by atoms with Gasteiger partial charge in [-0.2, -0.15) is 11.3 Å². The second-order valence-corrected chi connectivity index (χ2v) is 8.12. The lowest BCUT2D eigenvalue weighted by atomic mass is 10.1. The second-order valence-electron chi connectivity index (χ2n) is 6.32. The first-order chi connectivity index (χ1) is 12.4. The maximum Gasteiger partial charge on any atom is 0.252 e. The van der Waals surface area contributed by atoms with E-state index in [1.54, 1.807) is 36.4 Å². The molecule has 140 valence electrons. The molecule has 0 saturated carbocycles. The van der Waals surface area contributed by atoms with E-state index in [1.807, 2.05) is 37.7 Å². The van der Waals surface area contributed by atoms with Gasteiger partial charge in [0.1, 0.15) is 0 Å². The molecule has 0 aliphatic heterocycles. The average molecular weight is 392 g/mol. The van der Waals surface area contributed by atoms with E-state index >= 15 is 0 Å². The number of rotatable bonds is 8. The minimum Gasteiger partial charge on any atom is -0.350 e. The summed E-state index contributed by atoms with van der Waals surface area (Å²) in [7, 11) is 7.47. The van der Waals surface area contributed by atoms with Crippen molar-refractivity contribution in [2.24, 2.45) is 0 Å². The van der Waals surface area contributed by atoms with Crippen LogP contribution in [0.5, 0.6) is 0 Å². The number of nitrogens with one attached hydrogen (secondary N) is 1. The molecule has 0 aliphatic rings. The van der Waals surface area contributed by atoms with Crippen LogP contribution in [0.3, 0.4) is 0 Å². The largest absolute Gasteiger partial charge is 0.350 e. The molecule has 0 bridgehead atoms. The van der Waals surface area contributed by atoms with Gasteiger partial charge in [-0.3, -0.25) is 9.59 Å². The number of nitrogens with zero attached hydrogens (tertiary/aromatic N) is 2. The third-order valence-corrected chi connectivity index (χ3v) is 5.75. The normalized spacial score (nSPS) is 12.0. The molecule has 1 unspecified atom stereocenters. The Morgan fingerprint density at radius 2 is 1.88 bits per heavy atom. The van der Waals surface area contributed by atoms with Gasteiger partial charge in [0.2, 0.25) is 5.91 Å². The summed E-state index contributed by atoms with van der Waals surface area (Å²) in [4.78, 5) is 29.0. The summed E-state index contributed by atoms with van der Waals surface area (Å²) in [6, 6.07) is 9.61. The van der Waals surface area contributed by atoms with Crippen LogP contribution in [0, 0.1) is 0 Å². The molecule has 1 atom stereocenters. The van der Waals surface area contributed by atoms with Crippen molar-refractivity contribution < 1.29 is 9.59 Å². The van der Waals surface area contributed by atoms with Gasteiger partial charge >= 0.3 is 0 Å². The number of amides is 2. The quantitative estimate of drug-likeness (QED) is 0.703. The summed E-state index contributed by atoms with van der Waals surface area (Å²) in [6.07, 6.45) is 0. The molecule has 1 aromatic heterocycles. The Morgan fingerprint density at radius 3 is 2.50 bits per heavy atom. The van der Waals surface area contributed by atoms with Crippen molar-refractivity contribution in [1.82, 2.24) is 15.1 Å². The van der Waals surface area contributed by atoms with Crippen LogP contribution in [0.1, 0.15) is 22.0 Å². The van der Waals surface area contributed by atoms with Gasteiger partial charge in [0.05, 0.1) is 17.4 Å². The van der Waals surface area contributed by atoms with E-state index in [-0.39, 0.29) is 17.9 Å². The van der Waals surface area contributed by atoms with Gasteiger partial charge in [-0.05, 0) is 48.6 Å². The van der Waals surface area contributed by atoms with Gasteiger partial charge < -0.3 is 15.1 Å².